The number of nitrogens with zero attached hydrogens (tertiary/aromatic N) is 2. The van der Waals surface area contributed by atoms with Crippen LogP contribution in [-0.4, -0.2) is 21.0 Å². The van der Waals surface area contributed by atoms with Gasteiger partial charge < -0.3 is 14.8 Å². The first-order chi connectivity index (χ1) is 11.3. The summed E-state index contributed by atoms with van der Waals surface area (Å²) in [5.74, 6) is 1.08. The van der Waals surface area contributed by atoms with Crippen LogP contribution in [0.2, 0.25) is 0 Å². The molecule has 1 amide bonds. The van der Waals surface area contributed by atoms with Crippen molar-refractivity contribution in [3.05, 3.63) is 45.0 Å². The standard InChI is InChI=1S/C17H24N4O3/c1-10(2)7-13-8-14(24-21-13)9-18-16(22)6-5-15-11(3)19-17(23)20-12(15)4/h8,10H,5-7,9H2,1-4H3,(H,18,22)(H,19,20,23). The molecule has 0 unspecified atom stereocenters. The van der Waals surface area contributed by atoms with Crippen LogP contribution in [0.5, 0.6) is 0 Å². The van der Waals surface area contributed by atoms with Crippen LogP contribution < -0.4 is 11.0 Å². The Morgan fingerprint density at radius 3 is 2.79 bits per heavy atom. The minimum Gasteiger partial charge on any atom is -0.359 e. The van der Waals surface area contributed by atoms with E-state index in [1.807, 2.05) is 13.0 Å². The second-order valence-corrected chi connectivity index (χ2v) is 6.39. The highest BCUT2D eigenvalue weighted by molar-refractivity contribution is 5.76. The average Bonchev–Trinajstić information content (AvgIpc) is 2.90. The van der Waals surface area contributed by atoms with Crippen molar-refractivity contribution in [2.45, 2.75) is 53.5 Å². The molecular formula is C17H24N4O3. The van der Waals surface area contributed by atoms with Crippen molar-refractivity contribution in [3.63, 3.8) is 0 Å². The molecule has 2 heterocycles. The molecule has 0 fully saturated rings. The van der Waals surface area contributed by atoms with Gasteiger partial charge in [0.05, 0.1) is 12.2 Å². The number of amides is 1. The SMILES string of the molecule is Cc1nc(=O)[nH]c(C)c1CCC(=O)NCc1cc(CC(C)C)no1. The highest BCUT2D eigenvalue weighted by atomic mass is 16.5. The van der Waals surface area contributed by atoms with Crippen LogP contribution in [-0.2, 0) is 24.2 Å². The Labute approximate surface area is 140 Å². The van der Waals surface area contributed by atoms with Crippen LogP contribution in [0.3, 0.4) is 0 Å². The first-order valence-electron chi connectivity index (χ1n) is 8.12. The third kappa shape index (κ3) is 5.04. The molecule has 0 radical (unpaired) electrons. The smallest absolute Gasteiger partial charge is 0.345 e. The van der Waals surface area contributed by atoms with Crippen molar-refractivity contribution >= 4 is 5.91 Å². The molecule has 130 valence electrons. The fourth-order valence-electron chi connectivity index (χ4n) is 2.59. The number of carbonyl (C=O) groups is 1. The van der Waals surface area contributed by atoms with E-state index in [4.69, 9.17) is 4.52 Å². The molecule has 2 N–H and O–H groups in total. The summed E-state index contributed by atoms with van der Waals surface area (Å²) in [7, 11) is 0. The van der Waals surface area contributed by atoms with Gasteiger partial charge in [-0.25, -0.2) is 4.79 Å². The predicted octanol–water partition coefficient (Wildman–Crippen LogP) is 1.82. The topological polar surface area (TPSA) is 101 Å². The van der Waals surface area contributed by atoms with Gasteiger partial charge in [-0.15, -0.1) is 0 Å². The predicted molar refractivity (Wildman–Crippen MR) is 89.5 cm³/mol. The highest BCUT2D eigenvalue weighted by Crippen LogP contribution is 2.11. The summed E-state index contributed by atoms with van der Waals surface area (Å²) in [5.41, 5.74) is 2.87. The first kappa shape index (κ1) is 17.9. The van der Waals surface area contributed by atoms with E-state index >= 15 is 0 Å². The van der Waals surface area contributed by atoms with Crippen molar-refractivity contribution in [1.29, 1.82) is 0 Å². The third-order valence-electron chi connectivity index (χ3n) is 3.74. The van der Waals surface area contributed by atoms with E-state index in [1.54, 1.807) is 6.92 Å². The molecule has 24 heavy (non-hydrogen) atoms. The molecule has 0 atom stereocenters. The van der Waals surface area contributed by atoms with Crippen molar-refractivity contribution in [1.82, 2.24) is 20.4 Å². The second kappa shape index (κ2) is 7.90. The van der Waals surface area contributed by atoms with Crippen molar-refractivity contribution in [2.24, 2.45) is 5.92 Å². The van der Waals surface area contributed by atoms with E-state index in [2.05, 4.69) is 34.3 Å². The molecule has 2 aromatic heterocycles. The first-order valence-corrected chi connectivity index (χ1v) is 8.12. The number of hydrogen-bond acceptors (Lipinski definition) is 5. The molecule has 0 aliphatic rings. The van der Waals surface area contributed by atoms with E-state index in [0.717, 1.165) is 23.4 Å². The quantitative estimate of drug-likeness (QED) is 0.805. The number of nitrogens with one attached hydrogen (secondary N) is 2. The van der Waals surface area contributed by atoms with E-state index in [0.29, 0.717) is 36.8 Å². The minimum absolute atomic E-state index is 0.0817. The van der Waals surface area contributed by atoms with Crippen molar-refractivity contribution in [3.8, 4) is 0 Å². The Morgan fingerprint density at radius 2 is 2.12 bits per heavy atom. The fourth-order valence-corrected chi connectivity index (χ4v) is 2.59. The third-order valence-corrected chi connectivity index (χ3v) is 3.74. The van der Waals surface area contributed by atoms with Crippen molar-refractivity contribution in [2.75, 3.05) is 0 Å². The number of aryl methyl sites for hydroxylation is 2. The van der Waals surface area contributed by atoms with Gasteiger partial charge in [0.25, 0.3) is 0 Å². The lowest BCUT2D eigenvalue weighted by Gasteiger charge is -2.08. The lowest BCUT2D eigenvalue weighted by Crippen LogP contribution is -2.23. The average molecular weight is 332 g/mol. The summed E-state index contributed by atoms with van der Waals surface area (Å²) in [4.78, 5) is 29.8. The second-order valence-electron chi connectivity index (χ2n) is 6.39. The van der Waals surface area contributed by atoms with Gasteiger partial charge in [0.2, 0.25) is 5.91 Å². The molecule has 0 aliphatic heterocycles. The zero-order valence-electron chi connectivity index (χ0n) is 14.6. The molecule has 0 saturated carbocycles. The Bertz CT molecular complexity index is 735. The molecular weight excluding hydrogens is 308 g/mol. The molecule has 0 aliphatic carbocycles. The summed E-state index contributed by atoms with van der Waals surface area (Å²) < 4.78 is 5.22. The lowest BCUT2D eigenvalue weighted by molar-refractivity contribution is -0.121. The van der Waals surface area contributed by atoms with Gasteiger partial charge in [0.15, 0.2) is 5.76 Å². The minimum atomic E-state index is -0.360. The molecule has 0 saturated heterocycles. The fraction of sp³-hybridized carbons (Fsp3) is 0.529. The summed E-state index contributed by atoms with van der Waals surface area (Å²) in [6.45, 7) is 8.15. The van der Waals surface area contributed by atoms with E-state index in [9.17, 15) is 9.59 Å². The number of carbonyl (C=O) groups excluding carboxylic acids is 1. The molecule has 2 aromatic rings. The number of rotatable bonds is 7. The highest BCUT2D eigenvalue weighted by Gasteiger charge is 2.11. The van der Waals surface area contributed by atoms with Gasteiger partial charge in [-0.3, -0.25) is 4.79 Å². The summed E-state index contributed by atoms with van der Waals surface area (Å²) in [6, 6.07) is 1.88. The zero-order valence-corrected chi connectivity index (χ0v) is 14.6. The Morgan fingerprint density at radius 1 is 1.38 bits per heavy atom. The summed E-state index contributed by atoms with van der Waals surface area (Å²) in [5, 5.41) is 6.81. The van der Waals surface area contributed by atoms with Crippen LogP contribution in [0.15, 0.2) is 15.4 Å². The largest absolute Gasteiger partial charge is 0.359 e. The van der Waals surface area contributed by atoms with Crippen LogP contribution in [0, 0.1) is 19.8 Å². The Hall–Kier alpha value is -2.44. The lowest BCUT2D eigenvalue weighted by atomic mass is 10.1. The van der Waals surface area contributed by atoms with Gasteiger partial charge in [-0.1, -0.05) is 19.0 Å². The van der Waals surface area contributed by atoms with E-state index < -0.39 is 0 Å². The maximum absolute atomic E-state index is 12.0. The molecule has 0 spiro atoms. The van der Waals surface area contributed by atoms with Gasteiger partial charge in [0, 0.05) is 23.9 Å². The van der Waals surface area contributed by atoms with Gasteiger partial charge in [-0.05, 0) is 38.2 Å². The van der Waals surface area contributed by atoms with Gasteiger partial charge in [-0.2, -0.15) is 4.98 Å². The van der Waals surface area contributed by atoms with Crippen LogP contribution >= 0.6 is 0 Å². The molecule has 7 nitrogen and oxygen atoms in total. The van der Waals surface area contributed by atoms with Gasteiger partial charge >= 0.3 is 5.69 Å². The number of aromatic amines is 1. The maximum atomic E-state index is 12.0. The van der Waals surface area contributed by atoms with Crippen LogP contribution in [0.4, 0.5) is 0 Å². The van der Waals surface area contributed by atoms with E-state index in [1.165, 1.54) is 0 Å². The van der Waals surface area contributed by atoms with Gasteiger partial charge in [0.1, 0.15) is 0 Å². The Balaban J connectivity index is 1.84. The molecule has 2 rings (SSSR count). The molecule has 7 heteroatoms. The summed E-state index contributed by atoms with van der Waals surface area (Å²) >= 11 is 0. The van der Waals surface area contributed by atoms with E-state index in [-0.39, 0.29) is 11.6 Å². The monoisotopic (exact) mass is 332 g/mol. The zero-order chi connectivity index (χ0) is 17.7. The number of H-pyrrole nitrogens is 1. The summed E-state index contributed by atoms with van der Waals surface area (Å²) in [6.07, 6.45) is 1.71. The maximum Gasteiger partial charge on any atom is 0.345 e. The molecule has 0 bridgehead atoms. The van der Waals surface area contributed by atoms with Crippen LogP contribution in [0.1, 0.15) is 48.7 Å². The van der Waals surface area contributed by atoms with Crippen molar-refractivity contribution < 1.29 is 9.32 Å². The number of aromatic nitrogens is 3. The molecule has 0 aromatic carbocycles. The normalized spacial score (nSPS) is 11.0. The van der Waals surface area contributed by atoms with Crippen LogP contribution in [0.25, 0.3) is 0 Å². The Kier molecular flexibility index (Phi) is 5.89. The number of hydrogen-bond donors (Lipinski definition) is 2.